The van der Waals surface area contributed by atoms with Crippen LogP contribution in [0.2, 0.25) is 0 Å². The minimum atomic E-state index is -0.673. The summed E-state index contributed by atoms with van der Waals surface area (Å²) >= 11 is 0. The van der Waals surface area contributed by atoms with Gasteiger partial charge < -0.3 is 10.6 Å². The second-order valence-electron chi connectivity index (χ2n) is 5.06. The molecule has 0 saturated heterocycles. The highest BCUT2D eigenvalue weighted by Gasteiger charge is 2.30. The molecule has 1 aromatic rings. The zero-order chi connectivity index (χ0) is 13.3. The maximum Gasteiger partial charge on any atom is 0.168 e. The van der Waals surface area contributed by atoms with E-state index in [4.69, 9.17) is 0 Å². The summed E-state index contributed by atoms with van der Waals surface area (Å²) in [7, 11) is 1.56. The lowest BCUT2D eigenvalue weighted by atomic mass is 9.98. The molecule has 0 spiro atoms. The molecule has 1 heterocycles. The zero-order valence-corrected chi connectivity index (χ0v) is 10.9. The smallest absolute Gasteiger partial charge is 0.168 e. The minimum Gasteiger partial charge on any atom is -0.371 e. The van der Waals surface area contributed by atoms with Crippen LogP contribution in [0.3, 0.4) is 0 Å². The molecular formula is C13H19F2N3. The van der Waals surface area contributed by atoms with E-state index in [9.17, 15) is 8.78 Å². The molecule has 1 fully saturated rings. The maximum absolute atomic E-state index is 13.7. The van der Waals surface area contributed by atoms with E-state index < -0.39 is 11.6 Å². The molecule has 2 rings (SSSR count). The molecule has 2 N–H and O–H groups in total. The molecule has 0 aromatic carbocycles. The number of rotatable bonds is 3. The van der Waals surface area contributed by atoms with Crippen molar-refractivity contribution in [2.45, 2.75) is 32.7 Å². The number of hydrogen-bond acceptors (Lipinski definition) is 3. The van der Waals surface area contributed by atoms with Crippen molar-refractivity contribution in [3.05, 3.63) is 17.7 Å². The van der Waals surface area contributed by atoms with Gasteiger partial charge in [0, 0.05) is 19.2 Å². The summed E-state index contributed by atoms with van der Waals surface area (Å²) in [5, 5.41) is 5.71. The number of anilines is 2. The van der Waals surface area contributed by atoms with Gasteiger partial charge in [0.25, 0.3) is 0 Å². The van der Waals surface area contributed by atoms with Crippen LogP contribution in [0.5, 0.6) is 0 Å². The van der Waals surface area contributed by atoms with Crippen LogP contribution in [-0.4, -0.2) is 18.1 Å². The molecule has 0 amide bonds. The highest BCUT2D eigenvalue weighted by atomic mass is 19.1. The lowest BCUT2D eigenvalue weighted by Gasteiger charge is -2.20. The predicted molar refractivity (Wildman–Crippen MR) is 68.7 cm³/mol. The van der Waals surface area contributed by atoms with E-state index in [1.165, 1.54) is 0 Å². The first-order valence-electron chi connectivity index (χ1n) is 6.33. The average molecular weight is 255 g/mol. The number of aromatic nitrogens is 1. The Kier molecular flexibility index (Phi) is 3.68. The van der Waals surface area contributed by atoms with E-state index in [0.717, 1.165) is 18.9 Å². The number of nitrogens with one attached hydrogen (secondary N) is 2. The van der Waals surface area contributed by atoms with Gasteiger partial charge in [-0.15, -0.1) is 0 Å². The molecule has 1 aliphatic rings. The third-order valence-corrected chi connectivity index (χ3v) is 3.95. The summed E-state index contributed by atoms with van der Waals surface area (Å²) in [5.74, 6) is -0.0278. The summed E-state index contributed by atoms with van der Waals surface area (Å²) in [6.45, 7) is 4.34. The van der Waals surface area contributed by atoms with E-state index in [0.29, 0.717) is 11.8 Å². The Hall–Kier alpha value is -1.39. The highest BCUT2D eigenvalue weighted by molar-refractivity contribution is 5.47. The summed E-state index contributed by atoms with van der Waals surface area (Å²) in [4.78, 5) is 3.94. The van der Waals surface area contributed by atoms with Crippen LogP contribution < -0.4 is 10.6 Å². The Morgan fingerprint density at radius 1 is 1.17 bits per heavy atom. The largest absolute Gasteiger partial charge is 0.371 e. The van der Waals surface area contributed by atoms with E-state index in [2.05, 4.69) is 29.5 Å². The molecule has 1 aliphatic carbocycles. The molecule has 3 atom stereocenters. The molecule has 5 heteroatoms. The van der Waals surface area contributed by atoms with Gasteiger partial charge in [0.2, 0.25) is 0 Å². The van der Waals surface area contributed by atoms with E-state index in [1.54, 1.807) is 7.05 Å². The molecule has 0 radical (unpaired) electrons. The third kappa shape index (κ3) is 2.40. The molecule has 3 nitrogen and oxygen atoms in total. The van der Waals surface area contributed by atoms with Crippen LogP contribution in [0.4, 0.5) is 20.4 Å². The molecule has 100 valence electrons. The fourth-order valence-electron chi connectivity index (χ4n) is 2.49. The Labute approximate surface area is 106 Å². The van der Waals surface area contributed by atoms with Crippen molar-refractivity contribution in [2.24, 2.45) is 11.8 Å². The first-order chi connectivity index (χ1) is 8.52. The zero-order valence-electron chi connectivity index (χ0n) is 10.9. The monoisotopic (exact) mass is 255 g/mol. The van der Waals surface area contributed by atoms with Crippen LogP contribution in [-0.2, 0) is 0 Å². The Morgan fingerprint density at radius 2 is 1.83 bits per heavy atom. The Bertz CT molecular complexity index is 436. The highest BCUT2D eigenvalue weighted by Crippen LogP contribution is 2.33. The quantitative estimate of drug-likeness (QED) is 0.870. The van der Waals surface area contributed by atoms with Crippen LogP contribution >= 0.6 is 0 Å². The second-order valence-corrected chi connectivity index (χ2v) is 5.06. The van der Waals surface area contributed by atoms with E-state index >= 15 is 0 Å². The summed E-state index contributed by atoms with van der Waals surface area (Å²) in [6, 6.07) is 1.07. The molecular weight excluding hydrogens is 236 g/mol. The van der Waals surface area contributed by atoms with Gasteiger partial charge in [-0.05, 0) is 24.7 Å². The van der Waals surface area contributed by atoms with Gasteiger partial charge in [-0.1, -0.05) is 13.8 Å². The third-order valence-electron chi connectivity index (χ3n) is 3.95. The van der Waals surface area contributed by atoms with Gasteiger partial charge in [-0.25, -0.2) is 13.8 Å². The maximum atomic E-state index is 13.7. The van der Waals surface area contributed by atoms with Gasteiger partial charge in [-0.3, -0.25) is 0 Å². The fourth-order valence-corrected chi connectivity index (χ4v) is 2.49. The SMILES string of the molecule is CNc1nc(NC2CCC(C)C2C)c(F)cc1F. The summed E-state index contributed by atoms with van der Waals surface area (Å²) in [5.41, 5.74) is 0. The Balaban J connectivity index is 2.19. The molecule has 0 aliphatic heterocycles. The van der Waals surface area contributed by atoms with Crippen molar-refractivity contribution in [3.8, 4) is 0 Å². The Morgan fingerprint density at radius 3 is 2.39 bits per heavy atom. The average Bonchev–Trinajstić information content (AvgIpc) is 2.64. The lowest BCUT2D eigenvalue weighted by Crippen LogP contribution is -2.25. The van der Waals surface area contributed by atoms with Gasteiger partial charge in [0.05, 0.1) is 0 Å². The number of nitrogens with zero attached hydrogens (tertiary/aromatic N) is 1. The predicted octanol–water partition coefficient (Wildman–Crippen LogP) is 3.25. The lowest BCUT2D eigenvalue weighted by molar-refractivity contribution is 0.433. The molecule has 1 saturated carbocycles. The van der Waals surface area contributed by atoms with Gasteiger partial charge in [0.15, 0.2) is 23.3 Å². The van der Waals surface area contributed by atoms with Crippen LogP contribution in [0, 0.1) is 23.5 Å². The van der Waals surface area contributed by atoms with Crippen LogP contribution in [0.1, 0.15) is 26.7 Å². The fraction of sp³-hybridized carbons (Fsp3) is 0.615. The van der Waals surface area contributed by atoms with Crippen LogP contribution in [0.15, 0.2) is 6.07 Å². The molecule has 18 heavy (non-hydrogen) atoms. The molecule has 3 unspecified atom stereocenters. The van der Waals surface area contributed by atoms with Crippen LogP contribution in [0.25, 0.3) is 0 Å². The molecule has 1 aromatic heterocycles. The number of halogens is 2. The van der Waals surface area contributed by atoms with Gasteiger partial charge in [0.1, 0.15) is 0 Å². The van der Waals surface area contributed by atoms with E-state index in [-0.39, 0.29) is 17.7 Å². The molecule has 0 bridgehead atoms. The summed E-state index contributed by atoms with van der Waals surface area (Å²) in [6.07, 6.45) is 2.12. The van der Waals surface area contributed by atoms with Crippen molar-refractivity contribution in [2.75, 3.05) is 17.7 Å². The van der Waals surface area contributed by atoms with Crippen molar-refractivity contribution in [3.63, 3.8) is 0 Å². The summed E-state index contributed by atoms with van der Waals surface area (Å²) < 4.78 is 26.9. The minimum absolute atomic E-state index is 0.0672. The van der Waals surface area contributed by atoms with Gasteiger partial charge in [-0.2, -0.15) is 0 Å². The van der Waals surface area contributed by atoms with Gasteiger partial charge >= 0.3 is 0 Å². The number of pyridine rings is 1. The van der Waals surface area contributed by atoms with Crippen molar-refractivity contribution in [1.82, 2.24) is 4.98 Å². The topological polar surface area (TPSA) is 37.0 Å². The van der Waals surface area contributed by atoms with E-state index in [1.807, 2.05) is 0 Å². The van der Waals surface area contributed by atoms with Crippen molar-refractivity contribution >= 4 is 11.6 Å². The normalized spacial score (nSPS) is 27.3. The second kappa shape index (κ2) is 5.08. The first-order valence-corrected chi connectivity index (χ1v) is 6.33. The number of hydrogen-bond donors (Lipinski definition) is 2. The van der Waals surface area contributed by atoms with Crippen molar-refractivity contribution in [1.29, 1.82) is 0 Å². The van der Waals surface area contributed by atoms with Crippen molar-refractivity contribution < 1.29 is 8.78 Å². The standard InChI is InChI=1S/C13H19F2N3/c1-7-4-5-11(8(7)2)17-13-10(15)6-9(14)12(16-3)18-13/h6-8,11H,4-5H2,1-3H3,(H2,16,17,18). The first kappa shape index (κ1) is 13.1.